The van der Waals surface area contributed by atoms with E-state index in [4.69, 9.17) is 17.0 Å². The summed E-state index contributed by atoms with van der Waals surface area (Å²) in [4.78, 5) is 0.896. The van der Waals surface area contributed by atoms with Crippen molar-refractivity contribution in [1.82, 2.24) is 9.21 Å². The molecule has 1 N–H and O–H groups in total. The van der Waals surface area contributed by atoms with E-state index in [1.807, 2.05) is 30.0 Å². The topological polar surface area (TPSA) is 61.9 Å². The minimum Gasteiger partial charge on any atom is -0.495 e. The zero-order chi connectivity index (χ0) is 24.0. The first kappa shape index (κ1) is 23.8. The molecule has 0 bridgehead atoms. The Balaban J connectivity index is 1.38. The number of hydrogen-bond donors (Lipinski definition) is 1. The third-order valence-electron chi connectivity index (χ3n) is 6.28. The summed E-state index contributed by atoms with van der Waals surface area (Å²) >= 11 is 5.54. The average Bonchev–Trinajstić information content (AvgIpc) is 2.71. The summed E-state index contributed by atoms with van der Waals surface area (Å²) < 4.78 is 73.3. The monoisotopic (exact) mass is 499 g/mol. The van der Waals surface area contributed by atoms with Gasteiger partial charge >= 0.3 is 0 Å². The Bertz CT molecular complexity index is 1170. The van der Waals surface area contributed by atoms with Gasteiger partial charge in [0.05, 0.1) is 12.8 Å². The van der Waals surface area contributed by atoms with Gasteiger partial charge < -0.3 is 15.0 Å². The Morgan fingerprint density at radius 1 is 1.09 bits per heavy atom. The third kappa shape index (κ3) is 4.53. The predicted octanol–water partition coefficient (Wildman–Crippen LogP) is 3.90. The van der Waals surface area contributed by atoms with Gasteiger partial charge in [-0.2, -0.15) is 4.31 Å². The van der Waals surface area contributed by atoms with Gasteiger partial charge in [0.2, 0.25) is 10.0 Å². The lowest BCUT2D eigenvalue weighted by atomic mass is 9.72. The molecular weight excluding hydrogens is 475 g/mol. The van der Waals surface area contributed by atoms with Crippen molar-refractivity contribution in [2.75, 3.05) is 38.6 Å². The lowest BCUT2D eigenvalue weighted by Crippen LogP contribution is -2.62. The van der Waals surface area contributed by atoms with E-state index in [-0.39, 0.29) is 18.5 Å². The molecule has 0 aliphatic carbocycles. The smallest absolute Gasteiger partial charge is 0.248 e. The number of sulfonamides is 1. The number of nitrogens with zero attached hydrogens (tertiary/aromatic N) is 2. The van der Waals surface area contributed by atoms with Crippen LogP contribution in [-0.4, -0.2) is 56.0 Å². The Hall–Kier alpha value is -2.37. The van der Waals surface area contributed by atoms with Gasteiger partial charge in [0.25, 0.3) is 0 Å². The van der Waals surface area contributed by atoms with Gasteiger partial charge in [-0.3, -0.25) is 0 Å². The van der Waals surface area contributed by atoms with E-state index in [0.29, 0.717) is 48.9 Å². The van der Waals surface area contributed by atoms with E-state index in [1.54, 1.807) is 7.11 Å². The quantitative estimate of drug-likeness (QED) is 0.644. The summed E-state index contributed by atoms with van der Waals surface area (Å²) in [5.41, 5.74) is 1.71. The van der Waals surface area contributed by atoms with Gasteiger partial charge in [-0.05, 0) is 49.7 Å². The highest BCUT2D eigenvalue weighted by molar-refractivity contribution is 7.89. The molecule has 1 spiro atoms. The fraction of sp³-hybridized carbons (Fsp3) is 0.409. The molecule has 2 heterocycles. The third-order valence-corrected chi connectivity index (χ3v) is 8.59. The van der Waals surface area contributed by atoms with Gasteiger partial charge in [-0.1, -0.05) is 6.07 Å². The SMILES string of the molecule is COc1ccc(C)cc1NC(=S)N1CC2(CCN(S(=O)(=O)c3c(F)cc(F)cc3F)CC2)C1. The van der Waals surface area contributed by atoms with Crippen LogP contribution in [0.15, 0.2) is 35.2 Å². The number of benzene rings is 2. The van der Waals surface area contributed by atoms with Gasteiger partial charge in [-0.15, -0.1) is 0 Å². The number of likely N-dealkylation sites (tertiary alicyclic amines) is 1. The van der Waals surface area contributed by atoms with Crippen molar-refractivity contribution in [3.63, 3.8) is 0 Å². The van der Waals surface area contributed by atoms with E-state index in [2.05, 4.69) is 5.32 Å². The van der Waals surface area contributed by atoms with Crippen molar-refractivity contribution in [1.29, 1.82) is 0 Å². The van der Waals surface area contributed by atoms with Gasteiger partial charge in [0, 0.05) is 43.7 Å². The van der Waals surface area contributed by atoms with E-state index < -0.39 is 32.4 Å². The molecule has 0 radical (unpaired) electrons. The number of nitrogens with one attached hydrogen (secondary N) is 1. The molecule has 0 aromatic heterocycles. The summed E-state index contributed by atoms with van der Waals surface area (Å²) in [6.45, 7) is 3.52. The second kappa shape index (κ2) is 8.77. The highest BCUT2D eigenvalue weighted by Gasteiger charge is 2.48. The second-order valence-corrected chi connectivity index (χ2v) is 10.9. The molecule has 2 aliphatic rings. The molecule has 33 heavy (non-hydrogen) atoms. The number of ether oxygens (including phenoxy) is 1. The van der Waals surface area contributed by atoms with Crippen molar-refractivity contribution in [3.05, 3.63) is 53.3 Å². The molecule has 2 saturated heterocycles. The molecule has 11 heteroatoms. The van der Waals surface area contributed by atoms with Gasteiger partial charge in [0.1, 0.15) is 23.2 Å². The van der Waals surface area contributed by atoms with Crippen LogP contribution < -0.4 is 10.1 Å². The van der Waals surface area contributed by atoms with Gasteiger partial charge in [-0.25, -0.2) is 21.6 Å². The second-order valence-electron chi connectivity index (χ2n) is 8.59. The first-order chi connectivity index (χ1) is 15.5. The minimum atomic E-state index is -4.41. The maximum atomic E-state index is 14.1. The zero-order valence-corrected chi connectivity index (χ0v) is 19.8. The number of piperidine rings is 1. The van der Waals surface area contributed by atoms with Crippen LogP contribution in [-0.2, 0) is 10.0 Å². The predicted molar refractivity (Wildman–Crippen MR) is 122 cm³/mol. The maximum Gasteiger partial charge on any atom is 0.248 e. The molecule has 2 aromatic carbocycles. The molecular formula is C22H24F3N3O3S2. The van der Waals surface area contributed by atoms with Crippen molar-refractivity contribution >= 4 is 33.0 Å². The number of anilines is 1. The van der Waals surface area contributed by atoms with Crippen LogP contribution in [0.4, 0.5) is 18.9 Å². The van der Waals surface area contributed by atoms with Crippen LogP contribution >= 0.6 is 12.2 Å². The number of aryl methyl sites for hydroxylation is 1. The Morgan fingerprint density at radius 2 is 1.70 bits per heavy atom. The number of halogens is 3. The first-order valence-electron chi connectivity index (χ1n) is 10.4. The highest BCUT2D eigenvalue weighted by atomic mass is 32.2. The Morgan fingerprint density at radius 3 is 2.27 bits per heavy atom. The first-order valence-corrected chi connectivity index (χ1v) is 12.2. The molecule has 6 nitrogen and oxygen atoms in total. The molecule has 0 saturated carbocycles. The van der Waals surface area contributed by atoms with Crippen LogP contribution in [0.2, 0.25) is 0 Å². The minimum absolute atomic E-state index is 0.117. The lowest BCUT2D eigenvalue weighted by molar-refractivity contribution is 0.0123. The summed E-state index contributed by atoms with van der Waals surface area (Å²) in [5, 5.41) is 3.76. The van der Waals surface area contributed by atoms with Crippen LogP contribution in [0.5, 0.6) is 5.75 Å². The fourth-order valence-electron chi connectivity index (χ4n) is 4.44. The summed E-state index contributed by atoms with van der Waals surface area (Å²) in [7, 11) is -2.82. The molecule has 178 valence electrons. The molecule has 2 aromatic rings. The number of methoxy groups -OCH3 is 1. The van der Waals surface area contributed by atoms with Crippen LogP contribution in [0.25, 0.3) is 0 Å². The highest BCUT2D eigenvalue weighted by Crippen LogP contribution is 2.42. The van der Waals surface area contributed by atoms with Gasteiger partial charge in [0.15, 0.2) is 10.0 Å². The van der Waals surface area contributed by atoms with Crippen LogP contribution in [0.3, 0.4) is 0 Å². The Labute approximate surface area is 196 Å². The molecule has 0 unspecified atom stereocenters. The van der Waals surface area contributed by atoms with E-state index >= 15 is 0 Å². The average molecular weight is 500 g/mol. The van der Waals surface area contributed by atoms with E-state index in [0.717, 1.165) is 15.6 Å². The zero-order valence-electron chi connectivity index (χ0n) is 18.2. The van der Waals surface area contributed by atoms with Crippen molar-refractivity contribution in [2.24, 2.45) is 5.41 Å². The molecule has 0 amide bonds. The van der Waals surface area contributed by atoms with Crippen molar-refractivity contribution in [2.45, 2.75) is 24.7 Å². The fourth-order valence-corrected chi connectivity index (χ4v) is 6.21. The number of rotatable bonds is 4. The molecule has 4 rings (SSSR count). The maximum absolute atomic E-state index is 14.1. The lowest BCUT2D eigenvalue weighted by Gasteiger charge is -2.54. The normalized spacial score (nSPS) is 18.2. The summed E-state index contributed by atoms with van der Waals surface area (Å²) in [6.07, 6.45) is 1.06. The standard InChI is InChI=1S/C22H24F3N3O3S2/c1-14-3-4-19(31-2)18(9-14)26-21(32)27-12-22(13-27)5-7-28(8-6-22)33(29,30)20-16(24)10-15(23)11-17(20)25/h3-4,9-11H,5-8,12-13H2,1-2H3,(H,26,32). The van der Waals surface area contributed by atoms with Crippen molar-refractivity contribution < 1.29 is 26.3 Å². The van der Waals surface area contributed by atoms with Crippen molar-refractivity contribution in [3.8, 4) is 5.75 Å². The van der Waals surface area contributed by atoms with Crippen LogP contribution in [0, 0.1) is 29.8 Å². The van der Waals surface area contributed by atoms with E-state index in [9.17, 15) is 21.6 Å². The Kier molecular flexibility index (Phi) is 6.32. The largest absolute Gasteiger partial charge is 0.495 e. The molecule has 2 aliphatic heterocycles. The van der Waals surface area contributed by atoms with Crippen LogP contribution in [0.1, 0.15) is 18.4 Å². The molecule has 2 fully saturated rings. The summed E-state index contributed by atoms with van der Waals surface area (Å²) in [6, 6.07) is 6.50. The number of hydrogen-bond acceptors (Lipinski definition) is 4. The van der Waals surface area contributed by atoms with E-state index in [1.165, 1.54) is 0 Å². The molecule has 0 atom stereocenters. The summed E-state index contributed by atoms with van der Waals surface area (Å²) in [5.74, 6) is -3.34. The number of thiocarbonyl (C=S) groups is 1.